The molecular weight excluding hydrogens is 445 g/mol. The van der Waals surface area contributed by atoms with E-state index in [0.29, 0.717) is 15.6 Å². The lowest BCUT2D eigenvalue weighted by atomic mass is 10.3. The molecule has 0 spiro atoms. The van der Waals surface area contributed by atoms with E-state index in [2.05, 4.69) is 20.3 Å². The molecule has 2 aromatic heterocycles. The fraction of sp³-hybridized carbons (Fsp3) is 0.200. The molecule has 0 radical (unpaired) electrons. The predicted octanol–water partition coefficient (Wildman–Crippen LogP) is 6.87. The van der Waals surface area contributed by atoms with Crippen LogP contribution < -0.4 is 0 Å². The number of aromatic nitrogens is 2. The van der Waals surface area contributed by atoms with Crippen LogP contribution in [0.4, 0.5) is 0 Å². The molecule has 0 unspecified atom stereocenters. The van der Waals surface area contributed by atoms with Crippen molar-refractivity contribution in [1.29, 1.82) is 0 Å². The van der Waals surface area contributed by atoms with Gasteiger partial charge in [0.1, 0.15) is 0 Å². The average molecular weight is 465 g/mol. The highest BCUT2D eigenvalue weighted by molar-refractivity contribution is 6.71. The molecule has 0 aliphatic rings. The first-order chi connectivity index (χ1) is 10.9. The first kappa shape index (κ1) is 29.5. The third-order valence-corrected chi connectivity index (χ3v) is 3.66. The van der Waals surface area contributed by atoms with Gasteiger partial charge >= 0.3 is 0 Å². The first-order valence-corrected chi connectivity index (χ1v) is 7.44. The van der Waals surface area contributed by atoms with Crippen LogP contribution in [-0.4, -0.2) is 31.8 Å². The van der Waals surface area contributed by atoms with Gasteiger partial charge in [0.05, 0.1) is 31.9 Å². The zero-order chi connectivity index (χ0) is 17.4. The van der Waals surface area contributed by atoms with Crippen molar-refractivity contribution in [1.82, 2.24) is 9.97 Å². The van der Waals surface area contributed by atoms with E-state index >= 15 is 0 Å². The molecule has 6 nitrogen and oxygen atoms in total. The molecule has 0 aromatic carbocycles. The summed E-state index contributed by atoms with van der Waals surface area (Å²) >= 11 is 28.2. The van der Waals surface area contributed by atoms with Crippen molar-refractivity contribution in [2.24, 2.45) is 10.3 Å². The minimum Gasteiger partial charge on any atom is -0.411 e. The summed E-state index contributed by atoms with van der Waals surface area (Å²) in [7, 11) is 0. The molecular formula is C15H19Cl5N4O2. The second-order valence-corrected chi connectivity index (χ2v) is 5.62. The van der Waals surface area contributed by atoms with E-state index in [4.69, 9.17) is 68.4 Å². The van der Waals surface area contributed by atoms with Gasteiger partial charge < -0.3 is 10.4 Å². The van der Waals surface area contributed by atoms with Crippen molar-refractivity contribution in [3.8, 4) is 0 Å². The van der Waals surface area contributed by atoms with Crippen LogP contribution in [-0.2, 0) is 0 Å². The van der Waals surface area contributed by atoms with Crippen LogP contribution in [0.2, 0.25) is 20.1 Å². The average Bonchev–Trinajstić information content (AvgIpc) is 2.51. The van der Waals surface area contributed by atoms with Crippen LogP contribution in [0, 0.1) is 0 Å². The number of halogens is 5. The Balaban J connectivity index is -0.000000366. The topological polar surface area (TPSA) is 91.0 Å². The maximum absolute atomic E-state index is 8.36. The number of hydrogen-bond acceptors (Lipinski definition) is 6. The summed E-state index contributed by atoms with van der Waals surface area (Å²) in [5.41, 5.74) is 0.739. The minimum atomic E-state index is -0.160. The molecule has 0 aliphatic carbocycles. The Bertz CT molecular complexity index is 701. The lowest BCUT2D eigenvalue weighted by Gasteiger charge is -2.00. The normalized spacial score (nSPS) is 9.96. The standard InChI is InChI=1S/C6H3Cl3N2O.C6H4Cl2N2O.3CH4/c7-3-1-10-2-4(8)5(3)6(9)11-12;7-5-2-9-3-6(8)4(5)1-10-11;;;/h1-2,12H;1-3,11H;3*1H4/b11-6-;10-1+;;;. The van der Waals surface area contributed by atoms with Crippen LogP contribution >= 0.6 is 58.0 Å². The summed E-state index contributed by atoms with van der Waals surface area (Å²) in [6, 6.07) is 0. The third kappa shape index (κ3) is 8.38. The van der Waals surface area contributed by atoms with E-state index in [0.717, 1.165) is 6.21 Å². The predicted molar refractivity (Wildman–Crippen MR) is 112 cm³/mol. The lowest BCUT2D eigenvalue weighted by molar-refractivity contribution is 0.321. The van der Waals surface area contributed by atoms with Gasteiger partial charge in [-0.15, -0.1) is 0 Å². The Morgan fingerprint density at radius 2 is 1.19 bits per heavy atom. The van der Waals surface area contributed by atoms with Crippen molar-refractivity contribution in [2.45, 2.75) is 22.3 Å². The summed E-state index contributed by atoms with van der Waals surface area (Å²) in [6.45, 7) is 0. The van der Waals surface area contributed by atoms with Crippen LogP contribution in [0.25, 0.3) is 0 Å². The van der Waals surface area contributed by atoms with E-state index in [1.807, 2.05) is 0 Å². The van der Waals surface area contributed by atoms with Crippen LogP contribution in [0.1, 0.15) is 33.4 Å². The van der Waals surface area contributed by atoms with Crippen molar-refractivity contribution in [3.63, 3.8) is 0 Å². The number of rotatable bonds is 2. The molecule has 0 aliphatic heterocycles. The van der Waals surface area contributed by atoms with Crippen molar-refractivity contribution < 1.29 is 10.4 Å². The van der Waals surface area contributed by atoms with Gasteiger partial charge in [0, 0.05) is 30.4 Å². The molecule has 0 fully saturated rings. The molecule has 0 amide bonds. The third-order valence-electron chi connectivity index (χ3n) is 2.22. The fourth-order valence-electron chi connectivity index (χ4n) is 1.26. The molecule has 2 aromatic rings. The molecule has 11 heteroatoms. The highest BCUT2D eigenvalue weighted by Crippen LogP contribution is 2.24. The highest BCUT2D eigenvalue weighted by Gasteiger charge is 2.11. The summed E-state index contributed by atoms with van der Waals surface area (Å²) in [5.74, 6) is 0. The maximum atomic E-state index is 8.36. The minimum absolute atomic E-state index is 0. The lowest BCUT2D eigenvalue weighted by Crippen LogP contribution is -1.94. The van der Waals surface area contributed by atoms with Gasteiger partial charge in [-0.3, -0.25) is 9.97 Å². The van der Waals surface area contributed by atoms with Crippen molar-refractivity contribution >= 4 is 69.4 Å². The second kappa shape index (κ2) is 14.8. The Morgan fingerprint density at radius 1 is 0.808 bits per heavy atom. The summed E-state index contributed by atoms with van der Waals surface area (Å²) in [5, 5.41) is 23.2. The Morgan fingerprint density at radius 3 is 1.54 bits per heavy atom. The van der Waals surface area contributed by atoms with Crippen LogP contribution in [0.3, 0.4) is 0 Å². The quantitative estimate of drug-likeness (QED) is 0.288. The van der Waals surface area contributed by atoms with Crippen molar-refractivity contribution in [2.75, 3.05) is 0 Å². The number of oxime groups is 2. The van der Waals surface area contributed by atoms with E-state index in [9.17, 15) is 0 Å². The molecule has 2 rings (SSSR count). The molecule has 0 saturated heterocycles. The molecule has 2 N–H and O–H groups in total. The number of pyridine rings is 2. The fourth-order valence-corrected chi connectivity index (χ4v) is 2.57. The Labute approximate surface area is 178 Å². The zero-order valence-electron chi connectivity index (χ0n) is 11.0. The van der Waals surface area contributed by atoms with Crippen LogP contribution in [0.5, 0.6) is 0 Å². The zero-order valence-corrected chi connectivity index (χ0v) is 14.7. The summed E-state index contributed by atoms with van der Waals surface area (Å²) in [4.78, 5) is 7.42. The summed E-state index contributed by atoms with van der Waals surface area (Å²) < 4.78 is 0. The van der Waals surface area contributed by atoms with Crippen molar-refractivity contribution in [3.05, 3.63) is 56.0 Å². The van der Waals surface area contributed by atoms with E-state index in [1.54, 1.807) is 0 Å². The number of hydrogen-bond donors (Lipinski definition) is 2. The van der Waals surface area contributed by atoms with Crippen LogP contribution in [0.15, 0.2) is 35.1 Å². The first-order valence-electron chi connectivity index (χ1n) is 5.55. The largest absolute Gasteiger partial charge is 0.411 e. The van der Waals surface area contributed by atoms with Gasteiger partial charge in [-0.2, -0.15) is 0 Å². The SMILES string of the molecule is C.C.C.O/N=C(\Cl)c1c(Cl)cncc1Cl.O/N=C/c1c(Cl)cncc1Cl. The smallest absolute Gasteiger partial charge is 0.178 e. The highest BCUT2D eigenvalue weighted by atomic mass is 35.5. The molecule has 2 heterocycles. The maximum Gasteiger partial charge on any atom is 0.178 e. The second-order valence-electron chi connectivity index (χ2n) is 3.63. The van der Waals surface area contributed by atoms with Gasteiger partial charge in [0.15, 0.2) is 5.17 Å². The number of nitrogens with zero attached hydrogens (tertiary/aromatic N) is 4. The van der Waals surface area contributed by atoms with E-state index in [1.165, 1.54) is 24.8 Å². The van der Waals surface area contributed by atoms with Gasteiger partial charge in [-0.1, -0.05) is 90.6 Å². The summed E-state index contributed by atoms with van der Waals surface area (Å²) in [6.07, 6.45) is 6.72. The molecule has 146 valence electrons. The monoisotopic (exact) mass is 462 g/mol. The molecule has 0 saturated carbocycles. The molecule has 0 atom stereocenters. The van der Waals surface area contributed by atoms with E-state index < -0.39 is 0 Å². The van der Waals surface area contributed by atoms with Gasteiger partial charge in [0.2, 0.25) is 0 Å². The van der Waals surface area contributed by atoms with Gasteiger partial charge in [-0.25, -0.2) is 0 Å². The van der Waals surface area contributed by atoms with Gasteiger partial charge in [0.25, 0.3) is 0 Å². The van der Waals surface area contributed by atoms with E-state index in [-0.39, 0.29) is 43.1 Å². The molecule has 0 bridgehead atoms. The van der Waals surface area contributed by atoms with Gasteiger partial charge in [-0.05, 0) is 0 Å². The Kier molecular flexibility index (Phi) is 16.8. The Hall–Kier alpha value is -1.31. The molecule has 26 heavy (non-hydrogen) atoms.